The summed E-state index contributed by atoms with van der Waals surface area (Å²) < 4.78 is 0. The topological polar surface area (TPSA) is 65.8 Å². The standard InChI is InChI=1S/C21H14Cl3N3OS/c22-15-4-1-13(2-5-15)18-7-3-14(12-25)21(27-18)29-10-9-20(28)26-19-8-6-16(23)11-17(19)24/h1-8,11H,9-10H2,(H,26,28). The van der Waals surface area contributed by atoms with E-state index in [1.165, 1.54) is 11.8 Å². The molecule has 1 aromatic heterocycles. The third-order valence-corrected chi connectivity index (χ3v) is 5.69. The molecule has 4 nitrogen and oxygen atoms in total. The van der Waals surface area contributed by atoms with Crippen molar-refractivity contribution in [3.8, 4) is 17.3 Å². The minimum absolute atomic E-state index is 0.186. The van der Waals surface area contributed by atoms with Crippen molar-refractivity contribution in [1.29, 1.82) is 5.26 Å². The van der Waals surface area contributed by atoms with Crippen LogP contribution in [-0.4, -0.2) is 16.6 Å². The van der Waals surface area contributed by atoms with Gasteiger partial charge in [-0.25, -0.2) is 4.98 Å². The Morgan fingerprint density at radius 3 is 2.45 bits per heavy atom. The number of nitriles is 1. The second kappa shape index (κ2) is 10.00. The number of aromatic nitrogens is 1. The second-order valence-electron chi connectivity index (χ2n) is 5.94. The van der Waals surface area contributed by atoms with Crippen LogP contribution in [0.15, 0.2) is 59.6 Å². The molecule has 0 unspecified atom stereocenters. The second-order valence-corrected chi connectivity index (χ2v) is 8.30. The smallest absolute Gasteiger partial charge is 0.225 e. The van der Waals surface area contributed by atoms with E-state index in [0.29, 0.717) is 37.1 Å². The summed E-state index contributed by atoms with van der Waals surface area (Å²) in [6, 6.07) is 17.9. The summed E-state index contributed by atoms with van der Waals surface area (Å²) >= 11 is 19.2. The Morgan fingerprint density at radius 2 is 1.76 bits per heavy atom. The minimum Gasteiger partial charge on any atom is -0.325 e. The molecule has 0 aliphatic rings. The van der Waals surface area contributed by atoms with Crippen molar-refractivity contribution < 1.29 is 4.79 Å². The van der Waals surface area contributed by atoms with Crippen molar-refractivity contribution in [2.24, 2.45) is 0 Å². The number of benzene rings is 2. The normalized spacial score (nSPS) is 10.4. The van der Waals surface area contributed by atoms with Crippen molar-refractivity contribution in [1.82, 2.24) is 4.98 Å². The third-order valence-electron chi connectivity index (χ3n) is 3.89. The molecule has 29 heavy (non-hydrogen) atoms. The van der Waals surface area contributed by atoms with Crippen molar-refractivity contribution in [3.05, 3.63) is 75.2 Å². The number of thioether (sulfide) groups is 1. The summed E-state index contributed by atoms with van der Waals surface area (Å²) in [5, 5.41) is 14.2. The van der Waals surface area contributed by atoms with Gasteiger partial charge in [-0.1, -0.05) is 46.9 Å². The Balaban J connectivity index is 1.65. The number of pyridine rings is 1. The molecule has 0 atom stereocenters. The fourth-order valence-corrected chi connectivity index (χ4v) is 3.96. The van der Waals surface area contributed by atoms with Crippen molar-refractivity contribution in [3.63, 3.8) is 0 Å². The molecule has 8 heteroatoms. The van der Waals surface area contributed by atoms with E-state index in [9.17, 15) is 10.1 Å². The van der Waals surface area contributed by atoms with Gasteiger partial charge in [0, 0.05) is 27.8 Å². The summed E-state index contributed by atoms with van der Waals surface area (Å²) in [4.78, 5) is 16.8. The molecule has 3 aromatic rings. The number of nitrogens with zero attached hydrogens (tertiary/aromatic N) is 2. The predicted octanol–water partition coefficient (Wildman–Crippen LogP) is 6.70. The number of nitrogens with one attached hydrogen (secondary N) is 1. The van der Waals surface area contributed by atoms with Gasteiger partial charge in [0.2, 0.25) is 5.91 Å². The number of hydrogen-bond donors (Lipinski definition) is 1. The predicted molar refractivity (Wildman–Crippen MR) is 120 cm³/mol. The van der Waals surface area contributed by atoms with Gasteiger partial charge in [-0.15, -0.1) is 11.8 Å². The van der Waals surface area contributed by atoms with E-state index < -0.39 is 0 Å². The van der Waals surface area contributed by atoms with Gasteiger partial charge in [0.1, 0.15) is 11.1 Å². The number of amides is 1. The average Bonchev–Trinajstić information content (AvgIpc) is 2.70. The summed E-state index contributed by atoms with van der Waals surface area (Å²) in [7, 11) is 0. The number of carbonyl (C=O) groups is 1. The molecule has 0 fully saturated rings. The van der Waals surface area contributed by atoms with Gasteiger partial charge in [-0.2, -0.15) is 5.26 Å². The first-order valence-electron chi connectivity index (χ1n) is 8.51. The van der Waals surface area contributed by atoms with E-state index in [1.54, 1.807) is 42.5 Å². The maximum atomic E-state index is 12.2. The Bertz CT molecular complexity index is 1080. The Kier molecular flexibility index (Phi) is 7.40. The Hall–Kier alpha value is -2.23. The number of anilines is 1. The van der Waals surface area contributed by atoms with E-state index in [4.69, 9.17) is 34.8 Å². The van der Waals surface area contributed by atoms with Gasteiger partial charge in [-0.3, -0.25) is 4.79 Å². The van der Waals surface area contributed by atoms with Crippen LogP contribution in [0.5, 0.6) is 0 Å². The van der Waals surface area contributed by atoms with Crippen LogP contribution in [-0.2, 0) is 4.79 Å². The number of hydrogen-bond acceptors (Lipinski definition) is 4. The molecular weight excluding hydrogens is 449 g/mol. The quantitative estimate of drug-likeness (QED) is 0.414. The maximum Gasteiger partial charge on any atom is 0.225 e. The molecule has 146 valence electrons. The van der Waals surface area contributed by atoms with Crippen LogP contribution in [0, 0.1) is 11.3 Å². The van der Waals surface area contributed by atoms with E-state index in [-0.39, 0.29) is 12.3 Å². The highest BCUT2D eigenvalue weighted by molar-refractivity contribution is 7.99. The fraction of sp³-hybridized carbons (Fsp3) is 0.0952. The van der Waals surface area contributed by atoms with Crippen LogP contribution in [0.3, 0.4) is 0 Å². The van der Waals surface area contributed by atoms with Gasteiger partial charge in [0.15, 0.2) is 0 Å². The average molecular weight is 463 g/mol. The summed E-state index contributed by atoms with van der Waals surface area (Å²) in [6.07, 6.45) is 0.237. The molecule has 1 N–H and O–H groups in total. The Morgan fingerprint density at radius 1 is 1.03 bits per heavy atom. The van der Waals surface area contributed by atoms with E-state index in [1.807, 2.05) is 12.1 Å². The highest BCUT2D eigenvalue weighted by Crippen LogP contribution is 2.28. The lowest BCUT2D eigenvalue weighted by Gasteiger charge is -2.09. The first kappa shape index (κ1) is 21.5. The first-order chi connectivity index (χ1) is 14.0. The summed E-state index contributed by atoms with van der Waals surface area (Å²) in [5.74, 6) is 0.275. The van der Waals surface area contributed by atoms with Gasteiger partial charge in [-0.05, 0) is 42.5 Å². The molecular formula is C21H14Cl3N3OS. The Labute approximate surface area is 187 Å². The lowest BCUT2D eigenvalue weighted by atomic mass is 10.1. The van der Waals surface area contributed by atoms with Crippen LogP contribution < -0.4 is 5.32 Å². The molecule has 0 bridgehead atoms. The number of carbonyl (C=O) groups excluding carboxylic acids is 1. The van der Waals surface area contributed by atoms with Gasteiger partial charge in [0.05, 0.1) is 22.0 Å². The zero-order valence-corrected chi connectivity index (χ0v) is 18.0. The van der Waals surface area contributed by atoms with Crippen molar-refractivity contribution >= 4 is 58.2 Å². The first-order valence-corrected chi connectivity index (χ1v) is 10.6. The van der Waals surface area contributed by atoms with Crippen LogP contribution in [0.25, 0.3) is 11.3 Å². The molecule has 1 amide bonds. The molecule has 0 aliphatic heterocycles. The van der Waals surface area contributed by atoms with E-state index in [2.05, 4.69) is 16.4 Å². The van der Waals surface area contributed by atoms with Crippen molar-refractivity contribution in [2.75, 3.05) is 11.1 Å². The van der Waals surface area contributed by atoms with Gasteiger partial charge in [0.25, 0.3) is 0 Å². The fourth-order valence-electron chi connectivity index (χ4n) is 2.46. The highest BCUT2D eigenvalue weighted by atomic mass is 35.5. The number of rotatable bonds is 6. The number of halogens is 3. The molecule has 0 saturated carbocycles. The van der Waals surface area contributed by atoms with Crippen LogP contribution in [0.1, 0.15) is 12.0 Å². The minimum atomic E-state index is -0.186. The lowest BCUT2D eigenvalue weighted by molar-refractivity contribution is -0.115. The van der Waals surface area contributed by atoms with Crippen LogP contribution in [0.2, 0.25) is 15.1 Å². The molecule has 0 spiro atoms. The van der Waals surface area contributed by atoms with Crippen LogP contribution >= 0.6 is 46.6 Å². The molecule has 0 aliphatic carbocycles. The summed E-state index contributed by atoms with van der Waals surface area (Å²) in [6.45, 7) is 0. The monoisotopic (exact) mass is 461 g/mol. The third kappa shape index (κ3) is 5.88. The molecule has 3 rings (SSSR count). The molecule has 0 saturated heterocycles. The molecule has 2 aromatic carbocycles. The van der Waals surface area contributed by atoms with Crippen molar-refractivity contribution in [2.45, 2.75) is 11.4 Å². The highest BCUT2D eigenvalue weighted by Gasteiger charge is 2.11. The van der Waals surface area contributed by atoms with E-state index in [0.717, 1.165) is 11.3 Å². The van der Waals surface area contributed by atoms with Crippen LogP contribution in [0.4, 0.5) is 5.69 Å². The zero-order chi connectivity index (χ0) is 20.8. The largest absolute Gasteiger partial charge is 0.325 e. The summed E-state index contributed by atoms with van der Waals surface area (Å²) in [5.41, 5.74) is 2.61. The lowest BCUT2D eigenvalue weighted by Crippen LogP contribution is -2.12. The van der Waals surface area contributed by atoms with Gasteiger partial charge >= 0.3 is 0 Å². The van der Waals surface area contributed by atoms with E-state index >= 15 is 0 Å². The molecule has 1 heterocycles. The SMILES string of the molecule is N#Cc1ccc(-c2ccc(Cl)cc2)nc1SCCC(=O)Nc1ccc(Cl)cc1Cl. The maximum absolute atomic E-state index is 12.2. The zero-order valence-electron chi connectivity index (χ0n) is 15.0. The van der Waals surface area contributed by atoms with Gasteiger partial charge < -0.3 is 5.32 Å². The molecule has 0 radical (unpaired) electrons.